The number of hydrogen-bond donors (Lipinski definition) is 1. The molecule has 1 atom stereocenters. The number of anilines is 1. The van der Waals surface area contributed by atoms with Gasteiger partial charge in [0.25, 0.3) is 0 Å². The van der Waals surface area contributed by atoms with Crippen LogP contribution < -0.4 is 10.1 Å². The summed E-state index contributed by atoms with van der Waals surface area (Å²) in [7, 11) is 0. The van der Waals surface area contributed by atoms with Crippen LogP contribution in [0, 0.1) is 23.1 Å². The van der Waals surface area contributed by atoms with E-state index in [-0.39, 0.29) is 24.1 Å². The van der Waals surface area contributed by atoms with Gasteiger partial charge in [-0.3, -0.25) is 9.36 Å². The molecule has 1 aliphatic carbocycles. The van der Waals surface area contributed by atoms with Gasteiger partial charge in [-0.1, -0.05) is 31.2 Å². The number of allylic oxidation sites excluding steroid dienone is 1. The molecule has 10 heteroatoms. The number of hydrogen-bond acceptors (Lipinski definition) is 7. The van der Waals surface area contributed by atoms with Gasteiger partial charge in [0, 0.05) is 11.4 Å². The van der Waals surface area contributed by atoms with Crippen molar-refractivity contribution in [2.24, 2.45) is 5.92 Å². The van der Waals surface area contributed by atoms with Gasteiger partial charge < -0.3 is 10.1 Å². The number of carbonyl (C=O) groups is 1. The van der Waals surface area contributed by atoms with Crippen LogP contribution in [0.15, 0.2) is 42.1 Å². The van der Waals surface area contributed by atoms with Crippen molar-refractivity contribution in [2.45, 2.75) is 50.9 Å². The van der Waals surface area contributed by atoms with E-state index in [2.05, 4.69) is 35.1 Å². The van der Waals surface area contributed by atoms with E-state index >= 15 is 0 Å². The third-order valence-electron chi connectivity index (χ3n) is 5.93. The van der Waals surface area contributed by atoms with Gasteiger partial charge in [0.05, 0.1) is 11.3 Å². The van der Waals surface area contributed by atoms with Crippen LogP contribution in [-0.4, -0.2) is 26.4 Å². The lowest BCUT2D eigenvalue weighted by Crippen LogP contribution is -2.15. The van der Waals surface area contributed by atoms with Crippen molar-refractivity contribution in [2.75, 3.05) is 11.1 Å². The summed E-state index contributed by atoms with van der Waals surface area (Å²) < 4.78 is 20.6. The molecule has 1 amide bonds. The normalized spacial score (nSPS) is 14.7. The van der Waals surface area contributed by atoms with Crippen LogP contribution in [0.1, 0.15) is 41.6 Å². The second-order valence-corrected chi connectivity index (χ2v) is 10.3. The Bertz CT molecular complexity index is 1250. The lowest BCUT2D eigenvalue weighted by atomic mass is 9.86. The average Bonchev–Trinajstić information content (AvgIpc) is 3.41. The first-order valence-corrected chi connectivity index (χ1v) is 13.2. The molecule has 0 saturated heterocycles. The standard InChI is InChI=1S/C25H26FN5O2S2/c1-3-11-31-22(14-33-18-8-6-17(26)7-9-18)29-30-25(31)34-15-23(32)28-24-20(13-27)19-10-5-16(4-2)12-21(19)35-24/h3,6-9,16H,1,4-5,10-12,14-15H2,2H3,(H,28,32). The van der Waals surface area contributed by atoms with Gasteiger partial charge in [0.1, 0.15) is 29.2 Å². The number of benzene rings is 1. The Balaban J connectivity index is 1.39. The molecule has 1 unspecified atom stereocenters. The quantitative estimate of drug-likeness (QED) is 0.291. The van der Waals surface area contributed by atoms with Crippen molar-refractivity contribution < 1.29 is 13.9 Å². The molecule has 0 fully saturated rings. The number of aromatic nitrogens is 3. The van der Waals surface area contributed by atoms with Gasteiger partial charge in [-0.2, -0.15) is 5.26 Å². The summed E-state index contributed by atoms with van der Waals surface area (Å²) >= 11 is 2.78. The van der Waals surface area contributed by atoms with Gasteiger partial charge >= 0.3 is 0 Å². The highest BCUT2D eigenvalue weighted by Gasteiger charge is 2.26. The van der Waals surface area contributed by atoms with Gasteiger partial charge in [-0.15, -0.1) is 28.1 Å². The minimum Gasteiger partial charge on any atom is -0.486 e. The van der Waals surface area contributed by atoms with Crippen LogP contribution in [-0.2, 0) is 30.8 Å². The number of ether oxygens (including phenoxy) is 1. The van der Waals surface area contributed by atoms with E-state index in [4.69, 9.17) is 4.74 Å². The van der Waals surface area contributed by atoms with E-state index in [9.17, 15) is 14.4 Å². The first kappa shape index (κ1) is 24.9. The van der Waals surface area contributed by atoms with E-state index in [0.717, 1.165) is 31.2 Å². The molecular formula is C25H26FN5O2S2. The Morgan fingerprint density at radius 1 is 1.43 bits per heavy atom. The highest BCUT2D eigenvalue weighted by atomic mass is 32.2. The molecule has 3 aromatic rings. The first-order chi connectivity index (χ1) is 17.0. The second-order valence-electron chi connectivity index (χ2n) is 8.21. The van der Waals surface area contributed by atoms with Crippen LogP contribution in [0.4, 0.5) is 9.39 Å². The Labute approximate surface area is 212 Å². The summed E-state index contributed by atoms with van der Waals surface area (Å²) in [6, 6.07) is 8.04. The van der Waals surface area contributed by atoms with E-state index in [1.54, 1.807) is 18.2 Å². The maximum absolute atomic E-state index is 13.1. The molecule has 1 aromatic carbocycles. The average molecular weight is 512 g/mol. The maximum Gasteiger partial charge on any atom is 0.235 e. The van der Waals surface area contributed by atoms with Gasteiger partial charge in [0.15, 0.2) is 11.0 Å². The summed E-state index contributed by atoms with van der Waals surface area (Å²) in [5, 5.41) is 22.2. The van der Waals surface area contributed by atoms with Crippen molar-refractivity contribution in [3.8, 4) is 11.8 Å². The molecule has 1 aliphatic rings. The number of thiophene rings is 1. The van der Waals surface area contributed by atoms with Gasteiger partial charge in [-0.05, 0) is 55.0 Å². The largest absolute Gasteiger partial charge is 0.486 e. The number of carbonyl (C=O) groups excluding carboxylic acids is 1. The lowest BCUT2D eigenvalue weighted by molar-refractivity contribution is -0.113. The SMILES string of the molecule is C=CCn1c(COc2ccc(F)cc2)nnc1SCC(=O)Nc1sc2c(c1C#N)CCC(CC)C2. The first-order valence-electron chi connectivity index (χ1n) is 11.4. The molecule has 2 aromatic heterocycles. The number of nitriles is 1. The molecule has 0 radical (unpaired) electrons. The molecule has 35 heavy (non-hydrogen) atoms. The molecule has 4 rings (SSSR count). The summed E-state index contributed by atoms with van der Waals surface area (Å²) in [6.07, 6.45) is 5.80. The Morgan fingerprint density at radius 3 is 2.94 bits per heavy atom. The lowest BCUT2D eigenvalue weighted by Gasteiger charge is -2.20. The van der Waals surface area contributed by atoms with E-state index in [1.165, 1.54) is 40.1 Å². The minimum absolute atomic E-state index is 0.124. The van der Waals surface area contributed by atoms with Crippen molar-refractivity contribution >= 4 is 34.0 Å². The van der Waals surface area contributed by atoms with Crippen molar-refractivity contribution in [3.63, 3.8) is 0 Å². The molecule has 7 nitrogen and oxygen atoms in total. The summed E-state index contributed by atoms with van der Waals surface area (Å²) in [5.41, 5.74) is 1.70. The van der Waals surface area contributed by atoms with E-state index in [0.29, 0.717) is 39.8 Å². The van der Waals surface area contributed by atoms with Gasteiger partial charge in [0.2, 0.25) is 5.91 Å². The van der Waals surface area contributed by atoms with Crippen LogP contribution in [0.2, 0.25) is 0 Å². The third-order valence-corrected chi connectivity index (χ3v) is 8.07. The fourth-order valence-electron chi connectivity index (χ4n) is 4.03. The number of nitrogens with zero attached hydrogens (tertiary/aromatic N) is 4. The topological polar surface area (TPSA) is 92.8 Å². The molecule has 0 bridgehead atoms. The van der Waals surface area contributed by atoms with Crippen molar-refractivity contribution in [3.05, 3.63) is 64.6 Å². The molecular weight excluding hydrogens is 485 g/mol. The number of nitrogens with one attached hydrogen (secondary N) is 1. The summed E-state index contributed by atoms with van der Waals surface area (Å²) in [6.45, 7) is 6.57. The Hall–Kier alpha value is -3.16. The number of rotatable bonds is 10. The number of halogens is 1. The van der Waals surface area contributed by atoms with Crippen LogP contribution in [0.25, 0.3) is 0 Å². The van der Waals surface area contributed by atoms with Crippen LogP contribution in [0.3, 0.4) is 0 Å². The zero-order valence-electron chi connectivity index (χ0n) is 19.4. The van der Waals surface area contributed by atoms with Crippen LogP contribution >= 0.6 is 23.1 Å². The number of amides is 1. The highest BCUT2D eigenvalue weighted by Crippen LogP contribution is 2.40. The molecule has 0 saturated carbocycles. The number of thioether (sulfide) groups is 1. The van der Waals surface area contributed by atoms with Crippen LogP contribution in [0.5, 0.6) is 5.75 Å². The summed E-state index contributed by atoms with van der Waals surface area (Å²) in [4.78, 5) is 14.0. The molecule has 182 valence electrons. The minimum atomic E-state index is -0.334. The molecule has 2 heterocycles. The highest BCUT2D eigenvalue weighted by molar-refractivity contribution is 7.99. The third kappa shape index (κ3) is 5.92. The zero-order valence-corrected chi connectivity index (χ0v) is 21.1. The molecule has 0 spiro atoms. The molecule has 1 N–H and O–H groups in total. The van der Waals surface area contributed by atoms with E-state index < -0.39 is 0 Å². The van der Waals surface area contributed by atoms with Crippen molar-refractivity contribution in [1.29, 1.82) is 5.26 Å². The predicted molar refractivity (Wildman–Crippen MR) is 135 cm³/mol. The fourth-order valence-corrected chi connectivity index (χ4v) is 6.12. The van der Waals surface area contributed by atoms with E-state index in [1.807, 2.05) is 4.57 Å². The summed E-state index contributed by atoms with van der Waals surface area (Å²) in [5.74, 6) is 1.32. The predicted octanol–water partition coefficient (Wildman–Crippen LogP) is 5.36. The number of fused-ring (bicyclic) bond motifs is 1. The Kier molecular flexibility index (Phi) is 8.21. The monoisotopic (exact) mass is 511 g/mol. The smallest absolute Gasteiger partial charge is 0.235 e. The second kappa shape index (κ2) is 11.5. The zero-order chi connectivity index (χ0) is 24.8. The Morgan fingerprint density at radius 2 is 2.23 bits per heavy atom. The van der Waals surface area contributed by atoms with Gasteiger partial charge in [-0.25, -0.2) is 4.39 Å². The fraction of sp³-hybridized carbons (Fsp3) is 0.360. The van der Waals surface area contributed by atoms with Crippen molar-refractivity contribution in [1.82, 2.24) is 14.8 Å². The molecule has 0 aliphatic heterocycles. The maximum atomic E-state index is 13.1.